The minimum absolute atomic E-state index is 0.0150. The second-order valence-corrected chi connectivity index (χ2v) is 8.16. The van der Waals surface area contributed by atoms with Crippen LogP contribution in [0.2, 0.25) is 0 Å². The molecule has 0 unspecified atom stereocenters. The van der Waals surface area contributed by atoms with Gasteiger partial charge in [0.25, 0.3) is 6.43 Å². The van der Waals surface area contributed by atoms with Crippen LogP contribution < -0.4 is 5.32 Å². The number of alkyl halides is 3. The standard InChI is InChI=1S/C24H23F4N3O/c1-14(17-4-3-5-18(22(17)25)23(26)27)30-21-8-10-29-20-7-6-16(12-19(20)21)24(28)9-11-31(13-24)15(2)32/h3-8,10,12,14,23H,9,11,13H2,1-2H3,(H,29,30)/t14-,24+/m1/s1. The third-order valence-corrected chi connectivity index (χ3v) is 6.06. The molecule has 2 heterocycles. The molecule has 8 heteroatoms. The number of pyridine rings is 1. The van der Waals surface area contributed by atoms with Crippen molar-refractivity contribution in [2.24, 2.45) is 0 Å². The van der Waals surface area contributed by atoms with E-state index in [0.29, 0.717) is 28.7 Å². The molecule has 1 amide bonds. The summed E-state index contributed by atoms with van der Waals surface area (Å²) >= 11 is 0. The molecule has 0 saturated carbocycles. The van der Waals surface area contributed by atoms with Crippen molar-refractivity contribution in [1.82, 2.24) is 9.88 Å². The molecule has 0 bridgehead atoms. The molecule has 0 aliphatic carbocycles. The number of likely N-dealkylation sites (tertiary alicyclic amines) is 1. The fourth-order valence-electron chi connectivity index (χ4n) is 4.21. The number of aromatic nitrogens is 1. The van der Waals surface area contributed by atoms with Crippen LogP contribution in [-0.4, -0.2) is 28.9 Å². The van der Waals surface area contributed by atoms with E-state index in [1.165, 1.54) is 24.0 Å². The summed E-state index contributed by atoms with van der Waals surface area (Å²) < 4.78 is 56.4. The number of anilines is 1. The number of carbonyl (C=O) groups is 1. The summed E-state index contributed by atoms with van der Waals surface area (Å²) in [4.78, 5) is 17.4. The van der Waals surface area contributed by atoms with Crippen LogP contribution in [0.15, 0.2) is 48.7 Å². The Morgan fingerprint density at radius 2 is 1.94 bits per heavy atom. The quantitative estimate of drug-likeness (QED) is 0.497. The maximum absolute atomic E-state index is 15.7. The lowest BCUT2D eigenvalue weighted by Crippen LogP contribution is -2.30. The molecule has 4 nitrogen and oxygen atoms in total. The normalized spacial score (nSPS) is 19.5. The summed E-state index contributed by atoms with van der Waals surface area (Å²) in [7, 11) is 0. The summed E-state index contributed by atoms with van der Waals surface area (Å²) in [5.41, 5.74) is -0.583. The first-order valence-electron chi connectivity index (χ1n) is 10.4. The van der Waals surface area contributed by atoms with Gasteiger partial charge in [0.05, 0.1) is 23.7 Å². The van der Waals surface area contributed by atoms with Crippen molar-refractivity contribution >= 4 is 22.5 Å². The second-order valence-electron chi connectivity index (χ2n) is 8.16. The first-order valence-corrected chi connectivity index (χ1v) is 10.4. The predicted octanol–water partition coefficient (Wildman–Crippen LogP) is 5.90. The van der Waals surface area contributed by atoms with Gasteiger partial charge >= 0.3 is 0 Å². The minimum Gasteiger partial charge on any atom is -0.378 e. The van der Waals surface area contributed by atoms with Gasteiger partial charge in [-0.2, -0.15) is 0 Å². The Hall–Kier alpha value is -3.16. The van der Waals surface area contributed by atoms with Gasteiger partial charge in [-0.3, -0.25) is 9.78 Å². The number of hydrogen-bond donors (Lipinski definition) is 1. The number of nitrogens with one attached hydrogen (secondary N) is 1. The van der Waals surface area contributed by atoms with E-state index in [2.05, 4.69) is 10.3 Å². The van der Waals surface area contributed by atoms with E-state index in [0.717, 1.165) is 6.07 Å². The van der Waals surface area contributed by atoms with Crippen molar-refractivity contribution in [3.8, 4) is 0 Å². The molecule has 168 valence electrons. The van der Waals surface area contributed by atoms with E-state index in [9.17, 15) is 18.0 Å². The van der Waals surface area contributed by atoms with Crippen molar-refractivity contribution in [3.05, 3.63) is 71.2 Å². The van der Waals surface area contributed by atoms with Crippen molar-refractivity contribution in [3.63, 3.8) is 0 Å². The average molecular weight is 445 g/mol. The largest absolute Gasteiger partial charge is 0.378 e. The highest BCUT2D eigenvalue weighted by Gasteiger charge is 2.41. The van der Waals surface area contributed by atoms with Gasteiger partial charge in [-0.1, -0.05) is 24.3 Å². The van der Waals surface area contributed by atoms with Crippen molar-refractivity contribution in [2.75, 3.05) is 18.4 Å². The first-order chi connectivity index (χ1) is 15.2. The highest BCUT2D eigenvalue weighted by atomic mass is 19.3. The van der Waals surface area contributed by atoms with Crippen molar-refractivity contribution in [2.45, 2.75) is 38.4 Å². The van der Waals surface area contributed by atoms with E-state index in [1.54, 1.807) is 37.4 Å². The maximum atomic E-state index is 15.7. The fourth-order valence-corrected chi connectivity index (χ4v) is 4.21. The van der Waals surface area contributed by atoms with Gasteiger partial charge in [-0.15, -0.1) is 0 Å². The van der Waals surface area contributed by atoms with Gasteiger partial charge in [-0.05, 0) is 30.7 Å². The highest BCUT2D eigenvalue weighted by Crippen LogP contribution is 2.39. The van der Waals surface area contributed by atoms with E-state index < -0.39 is 29.5 Å². The van der Waals surface area contributed by atoms with Gasteiger partial charge in [-0.25, -0.2) is 17.6 Å². The predicted molar refractivity (Wildman–Crippen MR) is 115 cm³/mol. The Morgan fingerprint density at radius 1 is 1.19 bits per heavy atom. The van der Waals surface area contributed by atoms with Crippen molar-refractivity contribution < 1.29 is 22.4 Å². The molecule has 1 aliphatic rings. The number of carbonyl (C=O) groups excluding carboxylic acids is 1. The molecule has 3 aromatic rings. The third kappa shape index (κ3) is 4.01. The van der Waals surface area contributed by atoms with Crippen LogP contribution in [0.25, 0.3) is 10.9 Å². The van der Waals surface area contributed by atoms with Gasteiger partial charge in [0.15, 0.2) is 5.67 Å². The number of fused-ring (bicyclic) bond motifs is 1. The van der Waals surface area contributed by atoms with Crippen molar-refractivity contribution in [1.29, 1.82) is 0 Å². The lowest BCUT2D eigenvalue weighted by atomic mass is 9.93. The van der Waals surface area contributed by atoms with Gasteiger partial charge < -0.3 is 10.2 Å². The lowest BCUT2D eigenvalue weighted by Gasteiger charge is -2.22. The Labute approximate surface area is 183 Å². The van der Waals surface area contributed by atoms with Gasteiger partial charge in [0.1, 0.15) is 5.82 Å². The Balaban J connectivity index is 1.68. The van der Waals surface area contributed by atoms with Crippen LogP contribution in [0, 0.1) is 5.82 Å². The highest BCUT2D eigenvalue weighted by molar-refractivity contribution is 5.92. The molecule has 1 fully saturated rings. The van der Waals surface area contributed by atoms with E-state index >= 15 is 4.39 Å². The van der Waals surface area contributed by atoms with Crippen LogP contribution in [-0.2, 0) is 10.5 Å². The zero-order chi connectivity index (χ0) is 23.0. The average Bonchev–Trinajstić information content (AvgIpc) is 3.17. The third-order valence-electron chi connectivity index (χ3n) is 6.06. The molecule has 2 aromatic carbocycles. The van der Waals surface area contributed by atoms with E-state index in [-0.39, 0.29) is 24.4 Å². The topological polar surface area (TPSA) is 45.2 Å². The number of nitrogens with zero attached hydrogens (tertiary/aromatic N) is 2. The first kappa shape index (κ1) is 22.0. The number of hydrogen-bond acceptors (Lipinski definition) is 3. The van der Waals surface area contributed by atoms with Crippen LogP contribution in [0.4, 0.5) is 23.2 Å². The summed E-state index contributed by atoms with van der Waals surface area (Å²) in [6.07, 6.45) is -1.14. The molecule has 1 aliphatic heterocycles. The number of rotatable bonds is 5. The molecule has 1 aromatic heterocycles. The summed E-state index contributed by atoms with van der Waals surface area (Å²) in [6.45, 7) is 3.42. The zero-order valence-electron chi connectivity index (χ0n) is 17.7. The van der Waals surface area contributed by atoms with Crippen LogP contribution in [0.5, 0.6) is 0 Å². The monoisotopic (exact) mass is 445 g/mol. The smallest absolute Gasteiger partial charge is 0.266 e. The molecule has 32 heavy (non-hydrogen) atoms. The fraction of sp³-hybridized carbons (Fsp3) is 0.333. The Bertz CT molecular complexity index is 1170. The molecule has 1 saturated heterocycles. The van der Waals surface area contributed by atoms with Crippen LogP contribution in [0.1, 0.15) is 49.4 Å². The maximum Gasteiger partial charge on any atom is 0.266 e. The molecule has 4 rings (SSSR count). The van der Waals surface area contributed by atoms with Gasteiger partial charge in [0, 0.05) is 42.7 Å². The number of amides is 1. The molecule has 2 atom stereocenters. The lowest BCUT2D eigenvalue weighted by molar-refractivity contribution is -0.128. The van der Waals surface area contributed by atoms with Gasteiger partial charge in [0.2, 0.25) is 5.91 Å². The minimum atomic E-state index is -2.91. The molecular weight excluding hydrogens is 422 g/mol. The zero-order valence-corrected chi connectivity index (χ0v) is 17.7. The summed E-state index contributed by atoms with van der Waals surface area (Å²) in [6, 6.07) is 10.0. The SMILES string of the molecule is CC(=O)N1CC[C@@](F)(c2ccc3nccc(N[C@H](C)c4cccc(C(F)F)c4F)c3c2)C1. The Morgan fingerprint density at radius 3 is 2.62 bits per heavy atom. The molecular formula is C24H23F4N3O. The van der Waals surface area contributed by atoms with Crippen LogP contribution >= 0.6 is 0 Å². The van der Waals surface area contributed by atoms with E-state index in [1.807, 2.05) is 0 Å². The summed E-state index contributed by atoms with van der Waals surface area (Å²) in [5, 5.41) is 3.78. The summed E-state index contributed by atoms with van der Waals surface area (Å²) in [5.74, 6) is -1.12. The molecule has 0 radical (unpaired) electrons. The Kier molecular flexibility index (Phi) is 5.79. The molecule has 0 spiro atoms. The van der Waals surface area contributed by atoms with Crippen LogP contribution in [0.3, 0.4) is 0 Å². The molecule has 1 N–H and O–H groups in total. The second kappa shape index (κ2) is 8.41. The number of benzene rings is 2. The number of halogens is 4. The van der Waals surface area contributed by atoms with E-state index in [4.69, 9.17) is 0 Å².